The lowest BCUT2D eigenvalue weighted by Crippen LogP contribution is -2.30. The molecule has 1 aromatic carbocycles. The lowest BCUT2D eigenvalue weighted by atomic mass is 9.82. The SMILES string of the molecule is CNC(c1cccc(F)c1F)C(C)(C)C. The monoisotopic (exact) mass is 213 g/mol. The Morgan fingerprint density at radius 3 is 2.27 bits per heavy atom. The maximum Gasteiger partial charge on any atom is 0.163 e. The second-order valence-electron chi connectivity index (χ2n) is 4.73. The number of halogens is 2. The van der Waals surface area contributed by atoms with Crippen LogP contribution in [0.15, 0.2) is 18.2 Å². The number of rotatable bonds is 2. The summed E-state index contributed by atoms with van der Waals surface area (Å²) >= 11 is 0. The Bertz CT molecular complexity index is 342. The molecule has 0 saturated carbocycles. The van der Waals surface area contributed by atoms with Gasteiger partial charge in [-0.05, 0) is 18.5 Å². The van der Waals surface area contributed by atoms with Crippen molar-refractivity contribution >= 4 is 0 Å². The Balaban J connectivity index is 3.19. The molecule has 0 spiro atoms. The van der Waals surface area contributed by atoms with Crippen LogP contribution >= 0.6 is 0 Å². The molecule has 1 N–H and O–H groups in total. The van der Waals surface area contributed by atoms with Crippen molar-refractivity contribution in [1.82, 2.24) is 5.32 Å². The van der Waals surface area contributed by atoms with E-state index in [1.165, 1.54) is 6.07 Å². The van der Waals surface area contributed by atoms with E-state index in [1.807, 2.05) is 20.8 Å². The zero-order valence-corrected chi connectivity index (χ0v) is 9.57. The maximum absolute atomic E-state index is 13.6. The minimum Gasteiger partial charge on any atom is -0.312 e. The number of hydrogen-bond donors (Lipinski definition) is 1. The Kier molecular flexibility index (Phi) is 3.45. The summed E-state index contributed by atoms with van der Waals surface area (Å²) in [4.78, 5) is 0. The van der Waals surface area contributed by atoms with Gasteiger partial charge in [-0.1, -0.05) is 32.9 Å². The van der Waals surface area contributed by atoms with Crippen LogP contribution in [0.4, 0.5) is 8.78 Å². The summed E-state index contributed by atoms with van der Waals surface area (Å²) in [6, 6.07) is 4.08. The molecule has 0 aliphatic carbocycles. The highest BCUT2D eigenvalue weighted by Crippen LogP contribution is 2.34. The van der Waals surface area contributed by atoms with Gasteiger partial charge in [-0.25, -0.2) is 8.78 Å². The molecule has 0 aliphatic rings. The minimum atomic E-state index is -0.794. The van der Waals surface area contributed by atoms with Crippen LogP contribution in [-0.2, 0) is 0 Å². The predicted molar refractivity (Wildman–Crippen MR) is 57.6 cm³/mol. The molecule has 15 heavy (non-hydrogen) atoms. The second-order valence-corrected chi connectivity index (χ2v) is 4.73. The van der Waals surface area contributed by atoms with Gasteiger partial charge in [0.1, 0.15) is 0 Å². The Labute approximate surface area is 89.5 Å². The van der Waals surface area contributed by atoms with Gasteiger partial charge < -0.3 is 5.32 Å². The molecule has 0 aromatic heterocycles. The molecule has 1 rings (SSSR count). The second kappa shape index (κ2) is 4.27. The van der Waals surface area contributed by atoms with Crippen LogP contribution in [-0.4, -0.2) is 7.05 Å². The highest BCUT2D eigenvalue weighted by molar-refractivity contribution is 5.24. The van der Waals surface area contributed by atoms with E-state index in [4.69, 9.17) is 0 Å². The van der Waals surface area contributed by atoms with Crippen LogP contribution in [0.1, 0.15) is 32.4 Å². The van der Waals surface area contributed by atoms with Crippen LogP contribution in [0.2, 0.25) is 0 Å². The molecule has 1 nitrogen and oxygen atoms in total. The van der Waals surface area contributed by atoms with Crippen LogP contribution in [0.3, 0.4) is 0 Å². The molecule has 3 heteroatoms. The maximum atomic E-state index is 13.6. The first-order chi connectivity index (χ1) is 6.88. The first-order valence-electron chi connectivity index (χ1n) is 4.99. The van der Waals surface area contributed by atoms with E-state index < -0.39 is 11.6 Å². The third-order valence-electron chi connectivity index (χ3n) is 2.45. The van der Waals surface area contributed by atoms with Gasteiger partial charge in [0.15, 0.2) is 11.6 Å². The number of benzene rings is 1. The predicted octanol–water partition coefficient (Wildman–Crippen LogP) is 3.27. The van der Waals surface area contributed by atoms with E-state index in [9.17, 15) is 8.78 Å². The quantitative estimate of drug-likeness (QED) is 0.795. The minimum absolute atomic E-state index is 0.163. The lowest BCUT2D eigenvalue weighted by molar-refractivity contribution is 0.277. The molecule has 0 bridgehead atoms. The summed E-state index contributed by atoms with van der Waals surface area (Å²) < 4.78 is 26.6. The van der Waals surface area contributed by atoms with E-state index in [-0.39, 0.29) is 11.5 Å². The molecule has 0 aliphatic heterocycles. The van der Waals surface area contributed by atoms with Gasteiger partial charge in [-0.15, -0.1) is 0 Å². The van der Waals surface area contributed by atoms with Crippen molar-refractivity contribution in [3.8, 4) is 0 Å². The summed E-state index contributed by atoms with van der Waals surface area (Å²) in [5.41, 5.74) is 0.216. The first kappa shape index (κ1) is 12.1. The largest absolute Gasteiger partial charge is 0.312 e. The standard InChI is InChI=1S/C12H17F2N/c1-12(2,3)11(15-4)8-6-5-7-9(13)10(8)14/h5-7,11,15H,1-4H3. The van der Waals surface area contributed by atoms with Crippen molar-refractivity contribution in [2.75, 3.05) is 7.05 Å². The topological polar surface area (TPSA) is 12.0 Å². The normalized spacial score (nSPS) is 14.0. The van der Waals surface area contributed by atoms with E-state index in [0.29, 0.717) is 5.56 Å². The third-order valence-corrected chi connectivity index (χ3v) is 2.45. The van der Waals surface area contributed by atoms with Gasteiger partial charge in [0, 0.05) is 11.6 Å². The van der Waals surface area contributed by atoms with E-state index in [0.717, 1.165) is 6.07 Å². The lowest BCUT2D eigenvalue weighted by Gasteiger charge is -2.31. The fourth-order valence-electron chi connectivity index (χ4n) is 1.80. The average molecular weight is 213 g/mol. The van der Waals surface area contributed by atoms with Crippen molar-refractivity contribution in [1.29, 1.82) is 0 Å². The zero-order chi connectivity index (χ0) is 11.6. The number of nitrogens with one attached hydrogen (secondary N) is 1. The Morgan fingerprint density at radius 2 is 1.80 bits per heavy atom. The van der Waals surface area contributed by atoms with Crippen LogP contribution in [0, 0.1) is 17.0 Å². The molecule has 0 fully saturated rings. The molecule has 1 aromatic rings. The molecule has 1 unspecified atom stereocenters. The van der Waals surface area contributed by atoms with Gasteiger partial charge in [-0.2, -0.15) is 0 Å². The fraction of sp³-hybridized carbons (Fsp3) is 0.500. The van der Waals surface area contributed by atoms with E-state index in [1.54, 1.807) is 13.1 Å². The number of hydrogen-bond acceptors (Lipinski definition) is 1. The molecule has 1 atom stereocenters. The van der Waals surface area contributed by atoms with Crippen molar-refractivity contribution in [2.45, 2.75) is 26.8 Å². The average Bonchev–Trinajstić information content (AvgIpc) is 2.11. The highest BCUT2D eigenvalue weighted by atomic mass is 19.2. The van der Waals surface area contributed by atoms with E-state index in [2.05, 4.69) is 5.32 Å². The van der Waals surface area contributed by atoms with Gasteiger partial charge in [-0.3, -0.25) is 0 Å². The van der Waals surface area contributed by atoms with Crippen LogP contribution < -0.4 is 5.32 Å². The summed E-state index contributed by atoms with van der Waals surface area (Å²) in [5.74, 6) is -1.55. The first-order valence-corrected chi connectivity index (χ1v) is 4.99. The molecule has 0 heterocycles. The molecular formula is C12H17F2N. The summed E-state index contributed by atoms with van der Waals surface area (Å²) in [7, 11) is 1.75. The summed E-state index contributed by atoms with van der Waals surface area (Å²) in [6.07, 6.45) is 0. The zero-order valence-electron chi connectivity index (χ0n) is 9.57. The Morgan fingerprint density at radius 1 is 1.20 bits per heavy atom. The molecule has 0 amide bonds. The third kappa shape index (κ3) is 2.53. The Hall–Kier alpha value is -0.960. The van der Waals surface area contributed by atoms with Gasteiger partial charge in [0.25, 0.3) is 0 Å². The smallest absolute Gasteiger partial charge is 0.163 e. The van der Waals surface area contributed by atoms with Gasteiger partial charge in [0.2, 0.25) is 0 Å². The van der Waals surface area contributed by atoms with Crippen LogP contribution in [0.5, 0.6) is 0 Å². The van der Waals surface area contributed by atoms with Crippen LogP contribution in [0.25, 0.3) is 0 Å². The molecular weight excluding hydrogens is 196 g/mol. The van der Waals surface area contributed by atoms with Gasteiger partial charge >= 0.3 is 0 Å². The summed E-state index contributed by atoms with van der Waals surface area (Å²) in [5, 5.41) is 3.02. The van der Waals surface area contributed by atoms with Crippen molar-refractivity contribution in [2.24, 2.45) is 5.41 Å². The molecule has 0 saturated heterocycles. The van der Waals surface area contributed by atoms with E-state index >= 15 is 0 Å². The van der Waals surface area contributed by atoms with Gasteiger partial charge in [0.05, 0.1) is 0 Å². The molecule has 84 valence electrons. The highest BCUT2D eigenvalue weighted by Gasteiger charge is 2.27. The van der Waals surface area contributed by atoms with Crippen molar-refractivity contribution < 1.29 is 8.78 Å². The summed E-state index contributed by atoms with van der Waals surface area (Å²) in [6.45, 7) is 5.95. The molecule has 0 radical (unpaired) electrons. The van der Waals surface area contributed by atoms with Crippen molar-refractivity contribution in [3.63, 3.8) is 0 Å². The van der Waals surface area contributed by atoms with Crippen molar-refractivity contribution in [3.05, 3.63) is 35.4 Å². The fourth-order valence-corrected chi connectivity index (χ4v) is 1.80.